The molecule has 3 saturated heterocycles. The van der Waals surface area contributed by atoms with Crippen molar-refractivity contribution in [1.29, 1.82) is 0 Å². The van der Waals surface area contributed by atoms with Crippen LogP contribution in [0.4, 0.5) is 0 Å². The van der Waals surface area contributed by atoms with Gasteiger partial charge in [0.05, 0.1) is 39.6 Å². The van der Waals surface area contributed by atoms with E-state index in [1.165, 1.54) is 0 Å². The molecule has 0 saturated carbocycles. The maximum absolute atomic E-state index is 5.51. The van der Waals surface area contributed by atoms with Gasteiger partial charge in [-0.1, -0.05) is 0 Å². The van der Waals surface area contributed by atoms with E-state index < -0.39 is 8.60 Å². The van der Waals surface area contributed by atoms with E-state index in [1.54, 1.807) is 0 Å². The molecule has 3 heterocycles. The first-order valence-electron chi connectivity index (χ1n) is 5.44. The van der Waals surface area contributed by atoms with E-state index >= 15 is 0 Å². The summed E-state index contributed by atoms with van der Waals surface area (Å²) in [5, 5.41) is 0. The predicted molar refractivity (Wildman–Crippen MR) is 54.0 cm³/mol. The molecule has 3 aliphatic heterocycles. The maximum atomic E-state index is 5.51. The zero-order valence-electron chi connectivity index (χ0n) is 8.87. The molecule has 0 radical (unpaired) electrons. The molecule has 0 aromatic rings. The van der Waals surface area contributed by atoms with Crippen molar-refractivity contribution < 1.29 is 27.8 Å². The normalized spacial score (nSPS) is 37.1. The van der Waals surface area contributed by atoms with Crippen molar-refractivity contribution in [3.05, 3.63) is 0 Å². The fraction of sp³-hybridized carbons (Fsp3) is 1.00. The Morgan fingerprint density at radius 1 is 0.750 bits per heavy atom. The lowest BCUT2D eigenvalue weighted by Crippen LogP contribution is -2.07. The quantitative estimate of drug-likeness (QED) is 0.437. The molecule has 0 bridgehead atoms. The standard InChI is InChI=1S/C9H15O6P/c1-7(10-1)4-13-16(14-5-8-2-11-8)15-6-9-3-12-9/h7-9H,1-6H2. The van der Waals surface area contributed by atoms with Crippen molar-refractivity contribution in [3.8, 4) is 0 Å². The Morgan fingerprint density at radius 2 is 1.06 bits per heavy atom. The molecule has 92 valence electrons. The fourth-order valence-electron chi connectivity index (χ4n) is 1.04. The van der Waals surface area contributed by atoms with Crippen molar-refractivity contribution in [3.63, 3.8) is 0 Å². The highest BCUT2D eigenvalue weighted by Crippen LogP contribution is 2.42. The Balaban J connectivity index is 1.33. The van der Waals surface area contributed by atoms with Gasteiger partial charge in [0.1, 0.15) is 18.3 Å². The Bertz CT molecular complexity index is 190. The molecule has 3 unspecified atom stereocenters. The summed E-state index contributed by atoms with van der Waals surface area (Å²) < 4.78 is 31.7. The fourth-order valence-corrected chi connectivity index (χ4v) is 2.12. The number of epoxide rings is 3. The smallest absolute Gasteiger partial charge is 0.332 e. The summed E-state index contributed by atoms with van der Waals surface area (Å²) in [7, 11) is -1.28. The van der Waals surface area contributed by atoms with Crippen LogP contribution in [-0.4, -0.2) is 58.0 Å². The van der Waals surface area contributed by atoms with Crippen LogP contribution in [0.2, 0.25) is 0 Å². The second kappa shape index (κ2) is 5.23. The lowest BCUT2D eigenvalue weighted by molar-refractivity contribution is 0.136. The summed E-state index contributed by atoms with van der Waals surface area (Å²) in [5.74, 6) is 0. The minimum atomic E-state index is -1.28. The van der Waals surface area contributed by atoms with E-state index in [0.717, 1.165) is 19.8 Å². The van der Waals surface area contributed by atoms with E-state index in [2.05, 4.69) is 0 Å². The van der Waals surface area contributed by atoms with E-state index in [1.807, 2.05) is 0 Å². The van der Waals surface area contributed by atoms with Crippen molar-refractivity contribution in [2.45, 2.75) is 18.3 Å². The number of hydrogen-bond acceptors (Lipinski definition) is 6. The summed E-state index contributed by atoms with van der Waals surface area (Å²) in [6.07, 6.45) is 0.685. The summed E-state index contributed by atoms with van der Waals surface area (Å²) in [6.45, 7) is 3.97. The highest BCUT2D eigenvalue weighted by molar-refractivity contribution is 7.41. The van der Waals surface area contributed by atoms with Gasteiger partial charge in [0.15, 0.2) is 0 Å². The van der Waals surface area contributed by atoms with Gasteiger partial charge >= 0.3 is 8.60 Å². The molecular weight excluding hydrogens is 235 g/mol. The van der Waals surface area contributed by atoms with Gasteiger partial charge in [0.2, 0.25) is 0 Å². The van der Waals surface area contributed by atoms with Crippen molar-refractivity contribution in [2.24, 2.45) is 0 Å². The molecule has 0 aliphatic carbocycles. The topological polar surface area (TPSA) is 65.3 Å². The first kappa shape index (κ1) is 11.3. The monoisotopic (exact) mass is 250 g/mol. The average molecular weight is 250 g/mol. The van der Waals surface area contributed by atoms with Gasteiger partial charge in [-0.2, -0.15) is 0 Å². The Morgan fingerprint density at radius 3 is 1.31 bits per heavy atom. The zero-order chi connectivity index (χ0) is 10.8. The van der Waals surface area contributed by atoms with E-state index in [-0.39, 0.29) is 18.3 Å². The van der Waals surface area contributed by atoms with Crippen LogP contribution in [0.3, 0.4) is 0 Å². The second-order valence-electron chi connectivity index (χ2n) is 3.98. The third kappa shape index (κ3) is 4.22. The molecule has 3 rings (SSSR count). The summed E-state index contributed by atoms with van der Waals surface area (Å²) in [6, 6.07) is 0. The number of rotatable bonds is 9. The Kier molecular flexibility index (Phi) is 3.69. The SMILES string of the molecule is C1OC1COP(OCC1CO1)OCC1CO1. The molecule has 3 atom stereocenters. The van der Waals surface area contributed by atoms with Gasteiger partial charge in [-0.15, -0.1) is 0 Å². The van der Waals surface area contributed by atoms with Crippen LogP contribution in [0, 0.1) is 0 Å². The van der Waals surface area contributed by atoms with Crippen molar-refractivity contribution >= 4 is 8.60 Å². The zero-order valence-corrected chi connectivity index (χ0v) is 9.77. The van der Waals surface area contributed by atoms with Crippen molar-refractivity contribution in [2.75, 3.05) is 39.6 Å². The summed E-state index contributed by atoms with van der Waals surface area (Å²) >= 11 is 0. The molecule has 0 aromatic heterocycles. The molecule has 0 N–H and O–H groups in total. The third-order valence-electron chi connectivity index (χ3n) is 2.30. The summed E-state index contributed by atoms with van der Waals surface area (Å²) in [5.41, 5.74) is 0. The van der Waals surface area contributed by atoms with Gasteiger partial charge in [-0.3, -0.25) is 0 Å². The van der Waals surface area contributed by atoms with Gasteiger partial charge in [0, 0.05) is 0 Å². The molecule has 0 spiro atoms. The lowest BCUT2D eigenvalue weighted by atomic mass is 10.5. The molecule has 6 nitrogen and oxygen atoms in total. The number of ether oxygens (including phenoxy) is 3. The van der Waals surface area contributed by atoms with Crippen LogP contribution in [0.5, 0.6) is 0 Å². The summed E-state index contributed by atoms with van der Waals surface area (Å²) in [4.78, 5) is 0. The van der Waals surface area contributed by atoms with E-state index in [9.17, 15) is 0 Å². The molecule has 16 heavy (non-hydrogen) atoms. The minimum absolute atomic E-state index is 0.228. The Hall–Kier alpha value is 0.190. The Labute approximate surface area is 95.1 Å². The van der Waals surface area contributed by atoms with Crippen molar-refractivity contribution in [1.82, 2.24) is 0 Å². The van der Waals surface area contributed by atoms with Crippen LogP contribution in [-0.2, 0) is 27.8 Å². The van der Waals surface area contributed by atoms with Crippen LogP contribution >= 0.6 is 8.60 Å². The molecule has 0 amide bonds. The maximum Gasteiger partial charge on any atom is 0.332 e. The van der Waals surface area contributed by atoms with Gasteiger partial charge in [0.25, 0.3) is 0 Å². The average Bonchev–Trinajstić information content (AvgIpc) is 3.15. The molecule has 3 aliphatic rings. The van der Waals surface area contributed by atoms with Gasteiger partial charge in [-0.25, -0.2) is 0 Å². The second-order valence-corrected chi connectivity index (χ2v) is 5.20. The predicted octanol–water partition coefficient (Wildman–Crippen LogP) is 0.459. The molecule has 0 aromatic carbocycles. The molecular formula is C9H15O6P. The minimum Gasteiger partial charge on any atom is -0.371 e. The molecule has 7 heteroatoms. The first-order chi connectivity index (χ1) is 7.90. The van der Waals surface area contributed by atoms with Crippen LogP contribution in [0.25, 0.3) is 0 Å². The largest absolute Gasteiger partial charge is 0.371 e. The highest BCUT2D eigenvalue weighted by Gasteiger charge is 2.30. The first-order valence-corrected chi connectivity index (χ1v) is 6.53. The lowest BCUT2D eigenvalue weighted by Gasteiger charge is -2.15. The van der Waals surface area contributed by atoms with Crippen LogP contribution in [0.15, 0.2) is 0 Å². The highest BCUT2D eigenvalue weighted by atomic mass is 31.2. The van der Waals surface area contributed by atoms with Crippen LogP contribution in [0.1, 0.15) is 0 Å². The van der Waals surface area contributed by atoms with Gasteiger partial charge in [-0.05, 0) is 0 Å². The molecule has 3 fully saturated rings. The third-order valence-corrected chi connectivity index (χ3v) is 3.38. The van der Waals surface area contributed by atoms with Crippen LogP contribution < -0.4 is 0 Å². The van der Waals surface area contributed by atoms with E-state index in [0.29, 0.717) is 19.8 Å². The van der Waals surface area contributed by atoms with Gasteiger partial charge < -0.3 is 27.8 Å². The number of hydrogen-bond donors (Lipinski definition) is 0. The van der Waals surface area contributed by atoms with E-state index in [4.69, 9.17) is 27.8 Å².